The van der Waals surface area contributed by atoms with Gasteiger partial charge in [-0.25, -0.2) is 14.2 Å². The number of Topliss-reactive ketones (excluding diaryl/α,β-unsaturated/α-hetero) is 1. The lowest BCUT2D eigenvalue weighted by atomic mass is 9.96. The van der Waals surface area contributed by atoms with Crippen LogP contribution in [0.3, 0.4) is 0 Å². The Hall–Kier alpha value is -3.39. The minimum atomic E-state index is -0.736. The highest BCUT2D eigenvalue weighted by atomic mass is 32.2. The summed E-state index contributed by atoms with van der Waals surface area (Å²) in [6, 6.07) is 2.95. The summed E-state index contributed by atoms with van der Waals surface area (Å²) in [5.74, 6) is -1.45. The van der Waals surface area contributed by atoms with Gasteiger partial charge >= 0.3 is 0 Å². The van der Waals surface area contributed by atoms with Crippen LogP contribution in [0.4, 0.5) is 8.78 Å². The van der Waals surface area contributed by atoms with Crippen molar-refractivity contribution < 1.29 is 27.8 Å². The third kappa shape index (κ3) is 6.11. The summed E-state index contributed by atoms with van der Waals surface area (Å²) < 4.78 is 38.1. The van der Waals surface area contributed by atoms with Gasteiger partial charge in [-0.2, -0.15) is 0 Å². The first-order valence-electron chi connectivity index (χ1n) is 12.8. The number of morpholine rings is 1. The van der Waals surface area contributed by atoms with E-state index >= 15 is 0 Å². The van der Waals surface area contributed by atoms with Crippen molar-refractivity contribution in [3.8, 4) is 12.8 Å². The number of ketones is 2. The minimum absolute atomic E-state index is 0.0926. The zero-order valence-corrected chi connectivity index (χ0v) is 22.6. The summed E-state index contributed by atoms with van der Waals surface area (Å²) in [5, 5.41) is 1.56. The Morgan fingerprint density at radius 1 is 1.23 bits per heavy atom. The van der Waals surface area contributed by atoms with Gasteiger partial charge in [0.05, 0.1) is 19.8 Å². The minimum Gasteiger partial charge on any atom is -0.477 e. The van der Waals surface area contributed by atoms with E-state index < -0.39 is 23.2 Å². The molecule has 0 bridgehead atoms. The number of thioether (sulfide) groups is 1. The van der Waals surface area contributed by atoms with E-state index in [9.17, 15) is 18.4 Å². The van der Waals surface area contributed by atoms with Crippen molar-refractivity contribution in [1.82, 2.24) is 15.3 Å². The molecule has 6 rings (SSSR count). The molecule has 1 fully saturated rings. The maximum Gasteiger partial charge on any atom is 0.256 e. The maximum atomic E-state index is 13.7. The topological polar surface area (TPSA) is 71.1 Å². The van der Waals surface area contributed by atoms with Crippen molar-refractivity contribution in [1.29, 1.82) is 0 Å². The summed E-state index contributed by atoms with van der Waals surface area (Å²) in [6.45, 7) is 4.19. The highest BCUT2D eigenvalue weighted by Gasteiger charge is 2.41. The number of carbonyl (C=O) groups excluding carboxylic acids is 2. The van der Waals surface area contributed by atoms with E-state index in [0.29, 0.717) is 43.6 Å². The zero-order valence-electron chi connectivity index (χ0n) is 21.8. The van der Waals surface area contributed by atoms with Crippen LogP contribution in [0.2, 0.25) is 0 Å². The molecule has 7 nitrogen and oxygen atoms in total. The second kappa shape index (κ2) is 13.1. The van der Waals surface area contributed by atoms with Crippen LogP contribution >= 0.6 is 11.8 Å². The Labute approximate surface area is 231 Å². The van der Waals surface area contributed by atoms with Crippen molar-refractivity contribution in [2.24, 2.45) is 0 Å². The first-order valence-corrected chi connectivity index (χ1v) is 13.8. The molecule has 1 saturated heterocycles. The van der Waals surface area contributed by atoms with Crippen LogP contribution in [0.15, 0.2) is 58.6 Å². The number of carbonyl (C=O) groups is 2. The summed E-state index contributed by atoms with van der Waals surface area (Å²) in [6.07, 6.45) is 18.7. The van der Waals surface area contributed by atoms with Crippen LogP contribution in [0.5, 0.6) is 0 Å². The lowest BCUT2D eigenvalue weighted by molar-refractivity contribution is -0.136. The Morgan fingerprint density at radius 3 is 2.85 bits per heavy atom. The van der Waals surface area contributed by atoms with Gasteiger partial charge in [0.25, 0.3) is 5.78 Å². The SMILES string of the molecule is C#C.CCCOC1=C2C(=O)C(=O)C=CN2N[C@@H]2COCCN12.Fc1ccc2c(c1F)CSC1=C(C=CCC1)C2. The van der Waals surface area contributed by atoms with Gasteiger partial charge < -0.3 is 14.4 Å². The molecule has 1 aromatic rings. The summed E-state index contributed by atoms with van der Waals surface area (Å²) in [5.41, 5.74) is 6.15. The molecule has 0 aromatic heterocycles. The normalized spacial score (nSPS) is 21.4. The van der Waals surface area contributed by atoms with Gasteiger partial charge in [0.1, 0.15) is 6.17 Å². The molecule has 0 amide bonds. The average Bonchev–Trinajstić information content (AvgIpc) is 3.16. The van der Waals surface area contributed by atoms with Gasteiger partial charge in [-0.3, -0.25) is 14.6 Å². The van der Waals surface area contributed by atoms with Crippen LogP contribution in [-0.4, -0.2) is 54.0 Å². The second-order valence-corrected chi connectivity index (χ2v) is 10.2. The molecule has 0 unspecified atom stereocenters. The van der Waals surface area contributed by atoms with Crippen LogP contribution in [0.25, 0.3) is 0 Å². The molecule has 1 atom stereocenters. The van der Waals surface area contributed by atoms with Crippen LogP contribution in [-0.2, 0) is 31.2 Å². The number of hydrazine groups is 1. The quantitative estimate of drug-likeness (QED) is 0.437. The van der Waals surface area contributed by atoms with E-state index in [-0.39, 0.29) is 11.9 Å². The third-order valence-electron chi connectivity index (χ3n) is 6.66. The van der Waals surface area contributed by atoms with Gasteiger partial charge in [-0.15, -0.1) is 24.6 Å². The number of fused-ring (bicyclic) bond motifs is 3. The zero-order chi connectivity index (χ0) is 27.9. The van der Waals surface area contributed by atoms with Gasteiger partial charge in [-0.1, -0.05) is 25.1 Å². The number of benzene rings is 1. The Balaban J connectivity index is 0.000000172. The fourth-order valence-electron chi connectivity index (χ4n) is 4.76. The molecule has 39 heavy (non-hydrogen) atoms. The molecule has 4 heterocycles. The van der Waals surface area contributed by atoms with Gasteiger partial charge in [0.15, 0.2) is 17.3 Å². The predicted octanol–water partition coefficient (Wildman–Crippen LogP) is 4.33. The highest BCUT2D eigenvalue weighted by molar-refractivity contribution is 8.02. The van der Waals surface area contributed by atoms with Crippen molar-refractivity contribution in [2.45, 2.75) is 44.5 Å². The van der Waals surface area contributed by atoms with Gasteiger partial charge in [0.2, 0.25) is 11.7 Å². The first kappa shape index (κ1) is 28.6. The largest absolute Gasteiger partial charge is 0.477 e. The van der Waals surface area contributed by atoms with E-state index in [1.807, 2.05) is 11.8 Å². The van der Waals surface area contributed by atoms with Crippen molar-refractivity contribution in [3.63, 3.8) is 0 Å². The predicted molar refractivity (Wildman–Crippen MR) is 145 cm³/mol. The van der Waals surface area contributed by atoms with Crippen molar-refractivity contribution in [2.75, 3.05) is 26.4 Å². The number of nitrogens with zero attached hydrogens (tertiary/aromatic N) is 2. The van der Waals surface area contributed by atoms with Crippen molar-refractivity contribution in [3.05, 3.63) is 81.4 Å². The summed E-state index contributed by atoms with van der Waals surface area (Å²) in [7, 11) is 0. The summed E-state index contributed by atoms with van der Waals surface area (Å²) in [4.78, 5) is 27.0. The van der Waals surface area contributed by atoms with E-state index in [2.05, 4.69) is 30.4 Å². The molecule has 5 aliphatic rings. The molecule has 206 valence electrons. The molecule has 1 aromatic carbocycles. The fraction of sp³-hybridized carbons (Fsp3) is 0.379. The van der Waals surface area contributed by atoms with E-state index in [1.54, 1.807) is 29.0 Å². The second-order valence-electron chi connectivity index (χ2n) is 9.15. The first-order chi connectivity index (χ1) is 19.0. The number of hydrogen-bond acceptors (Lipinski definition) is 8. The number of hydrogen-bond donors (Lipinski definition) is 1. The monoisotopic (exact) mass is 555 g/mol. The number of allylic oxidation sites excluding steroid dienone is 6. The summed E-state index contributed by atoms with van der Waals surface area (Å²) >= 11 is 1.66. The molecule has 1 aliphatic carbocycles. The number of terminal acetylenes is 1. The maximum absolute atomic E-state index is 13.7. The molecule has 0 spiro atoms. The Bertz CT molecular complexity index is 1270. The molecule has 4 aliphatic heterocycles. The lowest BCUT2D eigenvalue weighted by Gasteiger charge is -2.46. The average molecular weight is 556 g/mol. The lowest BCUT2D eigenvalue weighted by Crippen LogP contribution is -2.62. The van der Waals surface area contributed by atoms with Crippen LogP contribution in [0, 0.1) is 24.5 Å². The number of ether oxygens (including phenoxy) is 2. The van der Waals surface area contributed by atoms with Gasteiger partial charge in [-0.05, 0) is 47.8 Å². The standard InChI is InChI=1S/C14H12F2S.C13H17N3O4.C2H2/c15-12-6-5-9-7-10-3-1-2-4-13(10)17-8-11(9)14(12)16;1-2-6-20-13-11-12(18)9(17)3-4-16(11)14-10-8-19-7-5-15(10)13;1-2/h1,3,5-6H,2,4,7-8H2;3-4,10,14H,2,5-8H2,1H3;1-2H/t;10-;/m.0./s1. The van der Waals surface area contributed by atoms with Crippen LogP contribution < -0.4 is 5.43 Å². The Kier molecular flexibility index (Phi) is 9.62. The third-order valence-corrected chi connectivity index (χ3v) is 7.91. The molecule has 1 N–H and O–H groups in total. The number of halogens is 2. The van der Waals surface area contributed by atoms with Crippen molar-refractivity contribution >= 4 is 23.3 Å². The molecular weight excluding hydrogens is 524 g/mol. The molecular formula is C29H31F2N3O4S. The Morgan fingerprint density at radius 2 is 2.05 bits per heavy atom. The molecule has 0 saturated carbocycles. The van der Waals surface area contributed by atoms with E-state index in [1.165, 1.54) is 22.6 Å². The van der Waals surface area contributed by atoms with E-state index in [0.717, 1.165) is 31.2 Å². The smallest absolute Gasteiger partial charge is 0.256 e. The highest BCUT2D eigenvalue weighted by Crippen LogP contribution is 2.38. The number of rotatable bonds is 3. The van der Waals surface area contributed by atoms with Crippen LogP contribution in [0.1, 0.15) is 37.3 Å². The fourth-order valence-corrected chi connectivity index (χ4v) is 5.98. The van der Waals surface area contributed by atoms with E-state index in [4.69, 9.17) is 9.47 Å². The number of nitrogens with one attached hydrogen (secondary N) is 1. The van der Waals surface area contributed by atoms with Gasteiger partial charge in [0, 0.05) is 30.1 Å². The molecule has 10 heteroatoms. The molecule has 0 radical (unpaired) electrons.